The number of carbonyl (C=O) groups excluding carboxylic acids is 1. The van der Waals surface area contributed by atoms with Crippen molar-refractivity contribution in [3.8, 4) is 23.0 Å². The van der Waals surface area contributed by atoms with Crippen LogP contribution in [0, 0.1) is 13.8 Å². The molecule has 34 heavy (non-hydrogen) atoms. The van der Waals surface area contributed by atoms with Gasteiger partial charge >= 0.3 is 0 Å². The SMILES string of the molecule is COc1ccc(CN2COc3cc(C)c4c(c3C2)O/C(=C\c2ccccc2C)C4=O)cc1OC. The van der Waals surface area contributed by atoms with Gasteiger partial charge in [-0.3, -0.25) is 9.69 Å². The molecule has 6 nitrogen and oxygen atoms in total. The van der Waals surface area contributed by atoms with Gasteiger partial charge in [-0.2, -0.15) is 0 Å². The molecule has 5 rings (SSSR count). The van der Waals surface area contributed by atoms with Crippen molar-refractivity contribution in [1.29, 1.82) is 0 Å². The fourth-order valence-corrected chi connectivity index (χ4v) is 4.50. The summed E-state index contributed by atoms with van der Waals surface area (Å²) in [6.07, 6.45) is 1.83. The molecule has 2 aliphatic heterocycles. The van der Waals surface area contributed by atoms with Crippen LogP contribution in [0.3, 0.4) is 0 Å². The van der Waals surface area contributed by atoms with E-state index in [1.807, 2.05) is 68.5 Å². The fourth-order valence-electron chi connectivity index (χ4n) is 4.50. The zero-order valence-electron chi connectivity index (χ0n) is 19.8. The van der Waals surface area contributed by atoms with Gasteiger partial charge in [0.15, 0.2) is 17.3 Å². The highest BCUT2D eigenvalue weighted by Gasteiger charge is 2.35. The number of fused-ring (bicyclic) bond motifs is 3. The van der Waals surface area contributed by atoms with Gasteiger partial charge in [-0.1, -0.05) is 30.3 Å². The van der Waals surface area contributed by atoms with E-state index >= 15 is 0 Å². The molecule has 0 fully saturated rings. The second kappa shape index (κ2) is 8.88. The number of Topliss-reactive ketones (excluding diaryl/α,β-unsaturated/α-hetero) is 1. The first kappa shape index (κ1) is 22.0. The molecule has 3 aromatic carbocycles. The second-order valence-corrected chi connectivity index (χ2v) is 8.62. The van der Waals surface area contributed by atoms with Gasteiger partial charge < -0.3 is 18.9 Å². The normalized spacial score (nSPS) is 16.0. The molecule has 3 aromatic rings. The number of benzene rings is 3. The molecular formula is C28H27NO5. The van der Waals surface area contributed by atoms with Crippen LogP contribution in [0.1, 0.15) is 38.2 Å². The largest absolute Gasteiger partial charge is 0.493 e. The topological polar surface area (TPSA) is 57.2 Å². The molecule has 0 radical (unpaired) electrons. The minimum absolute atomic E-state index is 0.0874. The van der Waals surface area contributed by atoms with Gasteiger partial charge in [-0.15, -0.1) is 0 Å². The molecule has 174 valence electrons. The van der Waals surface area contributed by atoms with Crippen LogP contribution < -0.4 is 18.9 Å². The smallest absolute Gasteiger partial charge is 0.232 e. The average molecular weight is 458 g/mol. The van der Waals surface area contributed by atoms with Crippen LogP contribution >= 0.6 is 0 Å². The number of nitrogens with zero attached hydrogens (tertiary/aromatic N) is 1. The average Bonchev–Trinajstić information content (AvgIpc) is 3.17. The first-order valence-corrected chi connectivity index (χ1v) is 11.2. The zero-order chi connectivity index (χ0) is 23.8. The Morgan fingerprint density at radius 2 is 1.79 bits per heavy atom. The van der Waals surface area contributed by atoms with E-state index in [0.29, 0.717) is 48.4 Å². The van der Waals surface area contributed by atoms with Crippen LogP contribution in [0.2, 0.25) is 0 Å². The molecule has 0 spiro atoms. The van der Waals surface area contributed by atoms with Crippen molar-refractivity contribution in [3.63, 3.8) is 0 Å². The number of aryl methyl sites for hydroxylation is 2. The maximum Gasteiger partial charge on any atom is 0.232 e. The van der Waals surface area contributed by atoms with Crippen LogP contribution in [0.25, 0.3) is 6.08 Å². The highest BCUT2D eigenvalue weighted by atomic mass is 16.5. The molecule has 0 amide bonds. The fraction of sp³-hybridized carbons (Fsp3) is 0.250. The number of ether oxygens (including phenoxy) is 4. The van der Waals surface area contributed by atoms with E-state index in [2.05, 4.69) is 4.90 Å². The van der Waals surface area contributed by atoms with E-state index in [9.17, 15) is 4.79 Å². The van der Waals surface area contributed by atoms with Gasteiger partial charge in [0.05, 0.1) is 25.3 Å². The van der Waals surface area contributed by atoms with Crippen molar-refractivity contribution < 1.29 is 23.7 Å². The Hall–Kier alpha value is -3.77. The van der Waals surface area contributed by atoms with E-state index in [-0.39, 0.29) is 5.78 Å². The molecule has 0 saturated carbocycles. The number of ketones is 1. The van der Waals surface area contributed by atoms with Crippen molar-refractivity contribution >= 4 is 11.9 Å². The molecule has 0 aromatic heterocycles. The van der Waals surface area contributed by atoms with E-state index in [1.165, 1.54) is 0 Å². The highest BCUT2D eigenvalue weighted by molar-refractivity contribution is 6.16. The molecular weight excluding hydrogens is 430 g/mol. The molecule has 0 atom stereocenters. The Morgan fingerprint density at radius 3 is 2.56 bits per heavy atom. The number of allylic oxidation sites excluding steroid dienone is 1. The lowest BCUT2D eigenvalue weighted by Crippen LogP contribution is -2.31. The van der Waals surface area contributed by atoms with Crippen molar-refractivity contribution in [2.24, 2.45) is 0 Å². The Morgan fingerprint density at radius 1 is 1.00 bits per heavy atom. The maximum atomic E-state index is 13.2. The van der Waals surface area contributed by atoms with Gasteiger partial charge in [-0.05, 0) is 60.4 Å². The lowest BCUT2D eigenvalue weighted by Gasteiger charge is -2.30. The minimum atomic E-state index is -0.0874. The Kier molecular flexibility index (Phi) is 5.75. The van der Waals surface area contributed by atoms with Crippen LogP contribution in [-0.2, 0) is 13.1 Å². The first-order chi connectivity index (χ1) is 16.5. The summed E-state index contributed by atoms with van der Waals surface area (Å²) in [7, 11) is 3.25. The van der Waals surface area contributed by atoms with Crippen LogP contribution in [0.5, 0.6) is 23.0 Å². The second-order valence-electron chi connectivity index (χ2n) is 8.62. The van der Waals surface area contributed by atoms with E-state index in [0.717, 1.165) is 33.6 Å². The van der Waals surface area contributed by atoms with Gasteiger partial charge in [0.25, 0.3) is 0 Å². The summed E-state index contributed by atoms with van der Waals surface area (Å²) in [6, 6.07) is 15.8. The molecule has 0 saturated heterocycles. The zero-order valence-corrected chi connectivity index (χ0v) is 19.8. The first-order valence-electron chi connectivity index (χ1n) is 11.2. The summed E-state index contributed by atoms with van der Waals surface area (Å²) < 4.78 is 23.1. The summed E-state index contributed by atoms with van der Waals surface area (Å²) in [6.45, 7) is 5.65. The Labute approximate surface area is 199 Å². The number of methoxy groups -OCH3 is 2. The van der Waals surface area contributed by atoms with Crippen molar-refractivity contribution in [2.75, 3.05) is 21.0 Å². The maximum absolute atomic E-state index is 13.2. The summed E-state index contributed by atoms with van der Waals surface area (Å²) >= 11 is 0. The number of hydrogen-bond donors (Lipinski definition) is 0. The van der Waals surface area contributed by atoms with Crippen LogP contribution in [0.4, 0.5) is 0 Å². The Bertz CT molecular complexity index is 1310. The summed E-state index contributed by atoms with van der Waals surface area (Å²) in [5, 5.41) is 0. The number of rotatable bonds is 5. The predicted molar refractivity (Wildman–Crippen MR) is 130 cm³/mol. The third-order valence-corrected chi connectivity index (χ3v) is 6.32. The summed E-state index contributed by atoms with van der Waals surface area (Å²) in [5.74, 6) is 3.02. The van der Waals surface area contributed by atoms with Gasteiger partial charge in [0, 0.05) is 13.1 Å². The molecule has 0 unspecified atom stereocenters. The molecule has 0 aliphatic carbocycles. The predicted octanol–water partition coefficient (Wildman–Crippen LogP) is 5.29. The van der Waals surface area contributed by atoms with E-state index < -0.39 is 0 Å². The lowest BCUT2D eigenvalue weighted by atomic mass is 9.98. The van der Waals surface area contributed by atoms with Crippen LogP contribution in [-0.4, -0.2) is 31.6 Å². The number of hydrogen-bond acceptors (Lipinski definition) is 6. The van der Waals surface area contributed by atoms with Crippen molar-refractivity contribution in [3.05, 3.63) is 87.7 Å². The van der Waals surface area contributed by atoms with Gasteiger partial charge in [0.1, 0.15) is 18.2 Å². The standard InChI is InChI=1S/C28H27NO5/c1-17-7-5-6-8-20(17)13-25-27(30)26-18(2)11-23-21(28(26)34-25)15-29(16-33-23)14-19-9-10-22(31-3)24(12-19)32-4/h5-13H,14-16H2,1-4H3/b25-13-. The van der Waals surface area contributed by atoms with Crippen molar-refractivity contribution in [1.82, 2.24) is 4.90 Å². The third-order valence-electron chi connectivity index (χ3n) is 6.32. The quantitative estimate of drug-likeness (QED) is 0.486. The summed E-state index contributed by atoms with van der Waals surface area (Å²) in [4.78, 5) is 15.4. The third kappa shape index (κ3) is 3.90. The van der Waals surface area contributed by atoms with E-state index in [1.54, 1.807) is 14.2 Å². The summed E-state index contributed by atoms with van der Waals surface area (Å²) in [5.41, 5.74) is 5.51. The van der Waals surface area contributed by atoms with Crippen molar-refractivity contribution in [2.45, 2.75) is 26.9 Å². The van der Waals surface area contributed by atoms with Crippen LogP contribution in [0.15, 0.2) is 54.3 Å². The van der Waals surface area contributed by atoms with Gasteiger partial charge in [-0.25, -0.2) is 0 Å². The Balaban J connectivity index is 1.44. The van der Waals surface area contributed by atoms with E-state index in [4.69, 9.17) is 18.9 Å². The lowest BCUT2D eigenvalue weighted by molar-refractivity contribution is 0.0871. The van der Waals surface area contributed by atoms with Gasteiger partial charge in [0.2, 0.25) is 5.78 Å². The molecule has 2 heterocycles. The minimum Gasteiger partial charge on any atom is -0.493 e. The monoisotopic (exact) mass is 457 g/mol. The molecule has 6 heteroatoms. The molecule has 0 N–H and O–H groups in total. The number of carbonyl (C=O) groups is 1. The molecule has 0 bridgehead atoms. The highest BCUT2D eigenvalue weighted by Crippen LogP contribution is 2.44. The molecule has 2 aliphatic rings.